The Balaban J connectivity index is 1.73. The van der Waals surface area contributed by atoms with E-state index in [1.807, 2.05) is 6.07 Å². The Hall–Kier alpha value is -1.40. The molecule has 0 saturated carbocycles. The van der Waals surface area contributed by atoms with Crippen molar-refractivity contribution in [2.24, 2.45) is 0 Å². The summed E-state index contributed by atoms with van der Waals surface area (Å²) in [6.45, 7) is 9.60. The lowest BCUT2D eigenvalue weighted by Crippen LogP contribution is -2.52. The standard InChI is InChI=1S/C20H26ClN3OS/c1-3-23-9-11-24(12-10-23)19(18-8-5-13-26-18)15(2)22-20(25)16-6-4-7-17(21)14-16/h4-8,13-15,19H,3,9-12H2,1-2H3,(H,22,25)/t15-,19-/m1/s1. The zero-order chi connectivity index (χ0) is 18.5. The van der Waals surface area contributed by atoms with Crippen LogP contribution in [0.5, 0.6) is 0 Å². The number of thiophene rings is 1. The van der Waals surface area contributed by atoms with Gasteiger partial charge in [0.15, 0.2) is 0 Å². The van der Waals surface area contributed by atoms with Crippen molar-refractivity contribution < 1.29 is 4.79 Å². The molecule has 26 heavy (non-hydrogen) atoms. The number of piperazine rings is 1. The largest absolute Gasteiger partial charge is 0.348 e. The molecule has 1 amide bonds. The predicted octanol–water partition coefficient (Wildman–Crippen LogP) is 3.90. The van der Waals surface area contributed by atoms with Gasteiger partial charge in [0.2, 0.25) is 0 Å². The highest BCUT2D eigenvalue weighted by atomic mass is 35.5. The Labute approximate surface area is 164 Å². The van der Waals surface area contributed by atoms with Crippen LogP contribution < -0.4 is 5.32 Å². The summed E-state index contributed by atoms with van der Waals surface area (Å²) in [5, 5.41) is 5.87. The fourth-order valence-electron chi connectivity index (χ4n) is 3.56. The molecule has 0 bridgehead atoms. The van der Waals surface area contributed by atoms with Gasteiger partial charge in [0, 0.05) is 47.7 Å². The lowest BCUT2D eigenvalue weighted by Gasteiger charge is -2.41. The number of amides is 1. The van der Waals surface area contributed by atoms with Gasteiger partial charge >= 0.3 is 0 Å². The van der Waals surface area contributed by atoms with Gasteiger partial charge in [-0.25, -0.2) is 0 Å². The van der Waals surface area contributed by atoms with Crippen LogP contribution in [0.1, 0.15) is 35.1 Å². The van der Waals surface area contributed by atoms with Gasteiger partial charge in [-0.3, -0.25) is 9.69 Å². The summed E-state index contributed by atoms with van der Waals surface area (Å²) in [7, 11) is 0. The van der Waals surface area contributed by atoms with Gasteiger partial charge in [0.25, 0.3) is 5.91 Å². The number of hydrogen-bond acceptors (Lipinski definition) is 4. The number of halogens is 1. The van der Waals surface area contributed by atoms with Crippen molar-refractivity contribution in [1.29, 1.82) is 0 Å². The molecular formula is C20H26ClN3OS. The summed E-state index contributed by atoms with van der Waals surface area (Å²) in [6, 6.07) is 11.6. The summed E-state index contributed by atoms with van der Waals surface area (Å²) in [6.07, 6.45) is 0. The molecule has 0 aliphatic carbocycles. The average Bonchev–Trinajstić information content (AvgIpc) is 3.16. The fourth-order valence-corrected chi connectivity index (χ4v) is 4.71. The molecule has 1 fully saturated rings. The highest BCUT2D eigenvalue weighted by Crippen LogP contribution is 2.29. The van der Waals surface area contributed by atoms with Crippen LogP contribution in [0.2, 0.25) is 5.02 Å². The third-order valence-corrected chi connectivity index (χ3v) is 6.18. The molecule has 1 aromatic carbocycles. The van der Waals surface area contributed by atoms with Crippen LogP contribution in [-0.4, -0.2) is 54.5 Å². The van der Waals surface area contributed by atoms with Crippen molar-refractivity contribution in [1.82, 2.24) is 15.1 Å². The first-order valence-corrected chi connectivity index (χ1v) is 10.4. The molecule has 4 nitrogen and oxygen atoms in total. The van der Waals surface area contributed by atoms with Gasteiger partial charge < -0.3 is 10.2 Å². The van der Waals surface area contributed by atoms with E-state index in [2.05, 4.69) is 46.5 Å². The molecule has 6 heteroatoms. The number of nitrogens with one attached hydrogen (secondary N) is 1. The lowest BCUT2D eigenvalue weighted by atomic mass is 10.0. The number of likely N-dealkylation sites (N-methyl/N-ethyl adjacent to an activating group) is 1. The minimum atomic E-state index is -0.0752. The van der Waals surface area contributed by atoms with Crippen LogP contribution >= 0.6 is 22.9 Å². The Bertz CT molecular complexity index is 714. The number of carbonyl (C=O) groups is 1. The van der Waals surface area contributed by atoms with Crippen molar-refractivity contribution in [3.8, 4) is 0 Å². The van der Waals surface area contributed by atoms with E-state index >= 15 is 0 Å². The normalized spacial score (nSPS) is 18.4. The maximum absolute atomic E-state index is 12.7. The third-order valence-electron chi connectivity index (χ3n) is 5.00. The number of hydrogen-bond donors (Lipinski definition) is 1. The quantitative estimate of drug-likeness (QED) is 0.811. The van der Waals surface area contributed by atoms with Crippen molar-refractivity contribution in [3.63, 3.8) is 0 Å². The molecule has 2 atom stereocenters. The number of nitrogens with zero attached hydrogens (tertiary/aromatic N) is 2. The highest BCUT2D eigenvalue weighted by Gasteiger charge is 2.30. The topological polar surface area (TPSA) is 35.6 Å². The summed E-state index contributed by atoms with van der Waals surface area (Å²) in [5.74, 6) is -0.0752. The highest BCUT2D eigenvalue weighted by molar-refractivity contribution is 7.10. The predicted molar refractivity (Wildman–Crippen MR) is 109 cm³/mol. The van der Waals surface area contributed by atoms with E-state index in [4.69, 9.17) is 11.6 Å². The van der Waals surface area contributed by atoms with Gasteiger partial charge in [0.1, 0.15) is 0 Å². The van der Waals surface area contributed by atoms with Gasteiger partial charge in [-0.15, -0.1) is 11.3 Å². The summed E-state index contributed by atoms with van der Waals surface area (Å²) in [4.78, 5) is 18.9. The van der Waals surface area contributed by atoms with Gasteiger partial charge in [-0.2, -0.15) is 0 Å². The van der Waals surface area contributed by atoms with Gasteiger partial charge in [-0.05, 0) is 43.1 Å². The number of carbonyl (C=O) groups excluding carboxylic acids is 1. The van der Waals surface area contributed by atoms with E-state index in [1.165, 1.54) is 4.88 Å². The second-order valence-electron chi connectivity index (χ2n) is 6.70. The van der Waals surface area contributed by atoms with Crippen LogP contribution in [0.15, 0.2) is 41.8 Å². The summed E-state index contributed by atoms with van der Waals surface area (Å²) >= 11 is 7.78. The molecule has 140 valence electrons. The van der Waals surface area contributed by atoms with Crippen molar-refractivity contribution in [3.05, 3.63) is 57.2 Å². The molecule has 0 spiro atoms. The van der Waals surface area contributed by atoms with Crippen molar-refractivity contribution in [2.75, 3.05) is 32.7 Å². The zero-order valence-electron chi connectivity index (χ0n) is 15.3. The Morgan fingerprint density at radius 1 is 1.23 bits per heavy atom. The second-order valence-corrected chi connectivity index (χ2v) is 8.12. The molecule has 1 aliphatic rings. The molecule has 0 unspecified atom stereocenters. The van der Waals surface area contributed by atoms with Crippen LogP contribution in [-0.2, 0) is 0 Å². The maximum atomic E-state index is 12.7. The van der Waals surface area contributed by atoms with Gasteiger partial charge in [0.05, 0.1) is 6.04 Å². The molecule has 1 saturated heterocycles. The first kappa shape index (κ1) is 19.4. The van der Waals surface area contributed by atoms with E-state index in [0.29, 0.717) is 10.6 Å². The van der Waals surface area contributed by atoms with Gasteiger partial charge in [-0.1, -0.05) is 30.7 Å². The summed E-state index contributed by atoms with van der Waals surface area (Å²) in [5.41, 5.74) is 0.602. The van der Waals surface area contributed by atoms with Crippen LogP contribution in [0, 0.1) is 0 Å². The van der Waals surface area contributed by atoms with Crippen LogP contribution in [0.4, 0.5) is 0 Å². The molecular weight excluding hydrogens is 366 g/mol. The number of benzene rings is 1. The summed E-state index contributed by atoms with van der Waals surface area (Å²) < 4.78 is 0. The minimum Gasteiger partial charge on any atom is -0.348 e. The smallest absolute Gasteiger partial charge is 0.251 e. The maximum Gasteiger partial charge on any atom is 0.251 e. The van der Waals surface area contributed by atoms with Crippen LogP contribution in [0.25, 0.3) is 0 Å². The zero-order valence-corrected chi connectivity index (χ0v) is 16.9. The van der Waals surface area contributed by atoms with E-state index in [0.717, 1.165) is 32.7 Å². The first-order chi connectivity index (χ1) is 12.6. The molecule has 3 rings (SSSR count). The van der Waals surface area contributed by atoms with E-state index in [-0.39, 0.29) is 18.0 Å². The van der Waals surface area contributed by atoms with E-state index < -0.39 is 0 Å². The average molecular weight is 392 g/mol. The van der Waals surface area contributed by atoms with E-state index in [9.17, 15) is 4.79 Å². The van der Waals surface area contributed by atoms with E-state index in [1.54, 1.807) is 29.5 Å². The molecule has 0 radical (unpaired) electrons. The second kappa shape index (κ2) is 9.00. The molecule has 2 aromatic rings. The molecule has 2 heterocycles. The molecule has 1 N–H and O–H groups in total. The Morgan fingerprint density at radius 2 is 2.00 bits per heavy atom. The molecule has 1 aromatic heterocycles. The van der Waals surface area contributed by atoms with Crippen LogP contribution in [0.3, 0.4) is 0 Å². The van der Waals surface area contributed by atoms with Crippen molar-refractivity contribution in [2.45, 2.75) is 25.9 Å². The fraction of sp³-hybridized carbons (Fsp3) is 0.450. The minimum absolute atomic E-state index is 0.00769. The Morgan fingerprint density at radius 3 is 2.62 bits per heavy atom. The Kier molecular flexibility index (Phi) is 6.70. The lowest BCUT2D eigenvalue weighted by molar-refractivity contribution is 0.0753. The molecule has 1 aliphatic heterocycles. The monoisotopic (exact) mass is 391 g/mol. The number of rotatable bonds is 6. The van der Waals surface area contributed by atoms with Crippen molar-refractivity contribution >= 4 is 28.8 Å². The third kappa shape index (κ3) is 4.65. The first-order valence-electron chi connectivity index (χ1n) is 9.14. The SMILES string of the molecule is CCN1CCN([C@@H](c2cccs2)[C@@H](C)NC(=O)c2cccc(Cl)c2)CC1.